The molecule has 1 atom stereocenters. The minimum Gasteiger partial charge on any atom is -0.320 e. The lowest BCUT2D eigenvalue weighted by Gasteiger charge is -2.22. The van der Waals surface area contributed by atoms with Crippen LogP contribution in [0.5, 0.6) is 0 Å². The molecule has 0 radical (unpaired) electrons. The lowest BCUT2D eigenvalue weighted by atomic mass is 10.2. The number of nitrogens with one attached hydrogen (secondary N) is 1. The Morgan fingerprint density at radius 3 is 2.56 bits per heavy atom. The molecule has 1 amide bonds. The van der Waals surface area contributed by atoms with Crippen LogP contribution in [0.15, 0.2) is 42.5 Å². The fraction of sp³-hybridized carbons (Fsp3) is 0.222. The number of likely N-dealkylation sites (N-methyl/N-ethyl adjacent to an activating group) is 1. The number of fused-ring (bicyclic) bond motifs is 1. The van der Waals surface area contributed by atoms with Gasteiger partial charge in [0, 0.05) is 0 Å². The molecule has 3 rings (SSSR count). The van der Waals surface area contributed by atoms with Gasteiger partial charge >= 0.3 is 0 Å². The number of para-hydroxylation sites is 2. The van der Waals surface area contributed by atoms with Gasteiger partial charge in [-0.25, -0.2) is 13.8 Å². The van der Waals surface area contributed by atoms with Gasteiger partial charge in [0.2, 0.25) is 5.91 Å². The maximum atomic E-state index is 13.6. The molecule has 0 bridgehead atoms. The Hall–Kier alpha value is -2.38. The summed E-state index contributed by atoms with van der Waals surface area (Å²) in [7, 11) is 1.77. The van der Waals surface area contributed by atoms with Crippen molar-refractivity contribution in [1.29, 1.82) is 0 Å². The van der Waals surface area contributed by atoms with Gasteiger partial charge in [-0.3, -0.25) is 9.69 Å². The van der Waals surface area contributed by atoms with Crippen LogP contribution in [0.25, 0.3) is 10.2 Å². The summed E-state index contributed by atoms with van der Waals surface area (Å²) >= 11 is 1.57. The lowest BCUT2D eigenvalue weighted by Crippen LogP contribution is -2.32. The van der Waals surface area contributed by atoms with Gasteiger partial charge in [0.15, 0.2) is 0 Å². The molecule has 0 aliphatic rings. The normalized spacial score (nSPS) is 12.5. The lowest BCUT2D eigenvalue weighted by molar-refractivity contribution is -0.117. The molecular weight excluding hydrogens is 344 g/mol. The number of nitrogens with zero attached hydrogens (tertiary/aromatic N) is 2. The van der Waals surface area contributed by atoms with Crippen LogP contribution in [-0.4, -0.2) is 29.4 Å². The van der Waals surface area contributed by atoms with Gasteiger partial charge in [-0.05, 0) is 38.2 Å². The second kappa shape index (κ2) is 7.25. The van der Waals surface area contributed by atoms with E-state index in [4.69, 9.17) is 0 Å². The number of aromatic nitrogens is 1. The average Bonchev–Trinajstić information content (AvgIpc) is 3.01. The molecule has 1 heterocycles. The maximum Gasteiger partial charge on any atom is 0.238 e. The highest BCUT2D eigenvalue weighted by molar-refractivity contribution is 7.18. The number of carbonyl (C=O) groups excluding carboxylic acids is 1. The zero-order valence-corrected chi connectivity index (χ0v) is 14.6. The quantitative estimate of drug-likeness (QED) is 0.741. The molecule has 0 saturated carbocycles. The number of halogens is 2. The molecule has 25 heavy (non-hydrogen) atoms. The van der Waals surface area contributed by atoms with Crippen molar-refractivity contribution in [3.63, 3.8) is 0 Å². The summed E-state index contributed by atoms with van der Waals surface area (Å²) in [5.74, 6) is -2.08. The predicted molar refractivity (Wildman–Crippen MR) is 95.7 cm³/mol. The van der Waals surface area contributed by atoms with Crippen LogP contribution < -0.4 is 5.32 Å². The van der Waals surface area contributed by atoms with Crippen LogP contribution in [0.2, 0.25) is 0 Å². The Kier molecular flexibility index (Phi) is 5.06. The molecule has 1 aromatic heterocycles. The Morgan fingerprint density at radius 1 is 1.20 bits per heavy atom. The van der Waals surface area contributed by atoms with Gasteiger partial charge in [0.05, 0.1) is 22.8 Å². The van der Waals surface area contributed by atoms with Crippen LogP contribution in [0.3, 0.4) is 0 Å². The van der Waals surface area contributed by atoms with Gasteiger partial charge in [-0.2, -0.15) is 0 Å². The van der Waals surface area contributed by atoms with Gasteiger partial charge in [-0.15, -0.1) is 11.3 Å². The number of thiazole rings is 1. The van der Waals surface area contributed by atoms with Crippen molar-refractivity contribution in [2.24, 2.45) is 0 Å². The predicted octanol–water partition coefficient (Wildman–Crippen LogP) is 4.21. The monoisotopic (exact) mass is 361 g/mol. The molecule has 3 aromatic rings. The minimum absolute atomic E-state index is 0.00906. The number of carbonyl (C=O) groups is 1. The zero-order valence-electron chi connectivity index (χ0n) is 13.8. The standard InChI is InChI=1S/C18H17F2N3OS/c1-11(18-21-14-8-3-4-9-15(14)25-18)23(2)10-16(24)22-17-12(19)6-5-7-13(17)20/h3-9,11H,10H2,1-2H3,(H,22,24)/t11-/m1/s1. The number of anilines is 1. The average molecular weight is 361 g/mol. The highest BCUT2D eigenvalue weighted by atomic mass is 32.1. The van der Waals surface area contributed by atoms with E-state index in [0.29, 0.717) is 0 Å². The number of rotatable bonds is 5. The number of amides is 1. The van der Waals surface area contributed by atoms with E-state index in [0.717, 1.165) is 27.4 Å². The van der Waals surface area contributed by atoms with Crippen molar-refractivity contribution in [1.82, 2.24) is 9.88 Å². The fourth-order valence-electron chi connectivity index (χ4n) is 2.42. The van der Waals surface area contributed by atoms with Gasteiger partial charge in [0.1, 0.15) is 22.3 Å². The van der Waals surface area contributed by atoms with Gasteiger partial charge in [-0.1, -0.05) is 18.2 Å². The third kappa shape index (κ3) is 3.83. The number of hydrogen-bond acceptors (Lipinski definition) is 4. The second-order valence-corrected chi connectivity index (χ2v) is 6.82. The molecule has 0 unspecified atom stereocenters. The van der Waals surface area contributed by atoms with E-state index < -0.39 is 23.2 Å². The van der Waals surface area contributed by atoms with Crippen molar-refractivity contribution in [3.8, 4) is 0 Å². The Labute approximate surface area is 148 Å². The Bertz CT molecular complexity index is 859. The molecule has 2 aromatic carbocycles. The minimum atomic E-state index is -0.796. The molecule has 4 nitrogen and oxygen atoms in total. The number of benzene rings is 2. The zero-order chi connectivity index (χ0) is 18.0. The third-order valence-electron chi connectivity index (χ3n) is 3.95. The first kappa shape index (κ1) is 17.4. The summed E-state index contributed by atoms with van der Waals surface area (Å²) in [4.78, 5) is 18.5. The van der Waals surface area contributed by atoms with Crippen LogP contribution in [0.4, 0.5) is 14.5 Å². The van der Waals surface area contributed by atoms with Crippen molar-refractivity contribution in [2.45, 2.75) is 13.0 Å². The van der Waals surface area contributed by atoms with Gasteiger partial charge in [0.25, 0.3) is 0 Å². The molecule has 0 saturated heterocycles. The molecule has 1 N–H and O–H groups in total. The largest absolute Gasteiger partial charge is 0.320 e. The van der Waals surface area contributed by atoms with Gasteiger partial charge < -0.3 is 5.32 Å². The first-order valence-electron chi connectivity index (χ1n) is 7.75. The summed E-state index contributed by atoms with van der Waals surface area (Å²) in [6.07, 6.45) is 0. The van der Waals surface area contributed by atoms with Crippen molar-refractivity contribution in [3.05, 3.63) is 59.1 Å². The fourth-order valence-corrected chi connectivity index (χ4v) is 3.50. The topological polar surface area (TPSA) is 45.2 Å². The van der Waals surface area contributed by atoms with Crippen molar-refractivity contribution in [2.75, 3.05) is 18.9 Å². The van der Waals surface area contributed by atoms with Crippen LogP contribution in [0.1, 0.15) is 18.0 Å². The summed E-state index contributed by atoms with van der Waals surface area (Å²) in [6.45, 7) is 1.93. The van der Waals surface area contributed by atoms with E-state index in [1.165, 1.54) is 6.07 Å². The molecule has 0 aliphatic carbocycles. The van der Waals surface area contributed by atoms with E-state index in [-0.39, 0.29) is 12.6 Å². The van der Waals surface area contributed by atoms with E-state index in [9.17, 15) is 13.6 Å². The molecule has 0 aliphatic heterocycles. The second-order valence-electron chi connectivity index (χ2n) is 5.76. The highest BCUT2D eigenvalue weighted by Crippen LogP contribution is 2.28. The van der Waals surface area contributed by atoms with E-state index in [1.807, 2.05) is 31.2 Å². The smallest absolute Gasteiger partial charge is 0.238 e. The first-order chi connectivity index (χ1) is 12.0. The Morgan fingerprint density at radius 2 is 1.88 bits per heavy atom. The van der Waals surface area contributed by atoms with Crippen LogP contribution >= 0.6 is 11.3 Å². The summed E-state index contributed by atoms with van der Waals surface area (Å²) in [6, 6.07) is 11.2. The first-order valence-corrected chi connectivity index (χ1v) is 8.57. The summed E-state index contributed by atoms with van der Waals surface area (Å²) in [5.41, 5.74) is 0.495. The Balaban J connectivity index is 1.68. The van der Waals surface area contributed by atoms with Crippen molar-refractivity contribution < 1.29 is 13.6 Å². The van der Waals surface area contributed by atoms with E-state index in [2.05, 4.69) is 10.3 Å². The van der Waals surface area contributed by atoms with Crippen LogP contribution in [0, 0.1) is 11.6 Å². The van der Waals surface area contributed by atoms with Crippen molar-refractivity contribution >= 4 is 33.1 Å². The number of hydrogen-bond donors (Lipinski definition) is 1. The SMILES string of the molecule is C[C@H](c1nc2ccccc2s1)N(C)CC(=O)Nc1c(F)cccc1F. The molecule has 0 spiro atoms. The molecule has 7 heteroatoms. The summed E-state index contributed by atoms with van der Waals surface area (Å²) < 4.78 is 28.3. The molecule has 0 fully saturated rings. The maximum absolute atomic E-state index is 13.6. The highest BCUT2D eigenvalue weighted by Gasteiger charge is 2.20. The van der Waals surface area contributed by atoms with E-state index >= 15 is 0 Å². The van der Waals surface area contributed by atoms with Crippen LogP contribution in [-0.2, 0) is 4.79 Å². The summed E-state index contributed by atoms with van der Waals surface area (Å²) in [5, 5.41) is 3.18. The third-order valence-corrected chi connectivity index (χ3v) is 5.16. The van der Waals surface area contributed by atoms with E-state index in [1.54, 1.807) is 23.3 Å². The molecular formula is C18H17F2N3OS. The molecule has 130 valence electrons.